The van der Waals surface area contributed by atoms with E-state index in [1.807, 2.05) is 7.05 Å². The number of benzene rings is 1. The molecule has 3 unspecified atom stereocenters. The molecule has 2 aliphatic rings. The minimum absolute atomic E-state index is 0.0640. The van der Waals surface area contributed by atoms with Gasteiger partial charge in [0, 0.05) is 22.5 Å². The van der Waals surface area contributed by atoms with Crippen molar-refractivity contribution in [3.8, 4) is 5.75 Å². The Morgan fingerprint density at radius 2 is 2.28 bits per heavy atom. The van der Waals surface area contributed by atoms with Crippen LogP contribution in [0.15, 0.2) is 22.7 Å². The quantitative estimate of drug-likeness (QED) is 0.845. The van der Waals surface area contributed by atoms with Gasteiger partial charge in [-0.15, -0.1) is 0 Å². The summed E-state index contributed by atoms with van der Waals surface area (Å²) in [5.41, 5.74) is 1.35. The molecule has 3 atom stereocenters. The number of nitrogens with one attached hydrogen (secondary N) is 1. The van der Waals surface area contributed by atoms with Crippen molar-refractivity contribution in [1.29, 1.82) is 0 Å². The Kier molecular flexibility index (Phi) is 3.15. The fourth-order valence-electron chi connectivity index (χ4n) is 3.53. The highest BCUT2D eigenvalue weighted by Gasteiger charge is 2.47. The molecule has 0 aromatic heterocycles. The molecule has 1 aromatic rings. The molecule has 1 aliphatic carbocycles. The van der Waals surface area contributed by atoms with E-state index in [1.54, 1.807) is 0 Å². The average Bonchev–Trinajstić information content (AvgIpc) is 2.70. The lowest BCUT2D eigenvalue weighted by atomic mass is 9.81. The van der Waals surface area contributed by atoms with E-state index < -0.39 is 0 Å². The Bertz CT molecular complexity index is 462. The van der Waals surface area contributed by atoms with Gasteiger partial charge in [0.2, 0.25) is 0 Å². The molecule has 98 valence electrons. The first-order valence-electron chi connectivity index (χ1n) is 6.80. The molecule has 1 aromatic carbocycles. The number of ether oxygens (including phenoxy) is 1. The summed E-state index contributed by atoms with van der Waals surface area (Å²) in [4.78, 5) is 0. The highest BCUT2D eigenvalue weighted by molar-refractivity contribution is 9.10. The van der Waals surface area contributed by atoms with Crippen molar-refractivity contribution in [1.82, 2.24) is 5.32 Å². The van der Waals surface area contributed by atoms with Crippen LogP contribution in [0.4, 0.5) is 0 Å². The van der Waals surface area contributed by atoms with Gasteiger partial charge in [0.15, 0.2) is 0 Å². The zero-order valence-electron chi connectivity index (χ0n) is 11.0. The van der Waals surface area contributed by atoms with Crippen LogP contribution in [0.3, 0.4) is 0 Å². The highest BCUT2D eigenvalue weighted by Crippen LogP contribution is 2.50. The summed E-state index contributed by atoms with van der Waals surface area (Å²) in [6.45, 7) is 2.34. The lowest BCUT2D eigenvalue weighted by molar-refractivity contribution is 0.00275. The number of halogens is 1. The molecular weight excluding hydrogens is 290 g/mol. The summed E-state index contributed by atoms with van der Waals surface area (Å²) in [6, 6.07) is 6.77. The van der Waals surface area contributed by atoms with Crippen molar-refractivity contribution < 1.29 is 4.74 Å². The minimum atomic E-state index is 0.0640. The number of hydrogen-bond donors (Lipinski definition) is 1. The lowest BCUT2D eigenvalue weighted by Gasteiger charge is -2.42. The van der Waals surface area contributed by atoms with E-state index in [-0.39, 0.29) is 5.60 Å². The Hall–Kier alpha value is -0.540. The Labute approximate surface area is 117 Å². The van der Waals surface area contributed by atoms with Gasteiger partial charge in [-0.05, 0) is 50.4 Å². The van der Waals surface area contributed by atoms with Crippen molar-refractivity contribution >= 4 is 15.9 Å². The van der Waals surface area contributed by atoms with Gasteiger partial charge in [0.05, 0.1) is 0 Å². The first kappa shape index (κ1) is 12.5. The highest BCUT2D eigenvalue weighted by atomic mass is 79.9. The smallest absolute Gasteiger partial charge is 0.125 e. The molecule has 0 bridgehead atoms. The third kappa shape index (κ3) is 1.88. The van der Waals surface area contributed by atoms with E-state index >= 15 is 0 Å². The molecule has 0 saturated heterocycles. The molecular formula is C15H20BrNO. The van der Waals surface area contributed by atoms with Crippen molar-refractivity contribution in [2.24, 2.45) is 5.92 Å². The first-order chi connectivity index (χ1) is 8.64. The second-order valence-electron chi connectivity index (χ2n) is 5.69. The summed E-state index contributed by atoms with van der Waals surface area (Å²) in [5.74, 6) is 1.72. The normalized spacial score (nSPS) is 34.4. The topological polar surface area (TPSA) is 21.3 Å². The largest absolute Gasteiger partial charge is 0.487 e. The molecule has 0 amide bonds. The van der Waals surface area contributed by atoms with Crippen LogP contribution in [0, 0.1) is 5.92 Å². The van der Waals surface area contributed by atoms with Crippen LogP contribution in [-0.2, 0) is 0 Å². The molecule has 1 fully saturated rings. The van der Waals surface area contributed by atoms with E-state index in [1.165, 1.54) is 24.8 Å². The predicted molar refractivity (Wildman–Crippen MR) is 76.9 cm³/mol. The van der Waals surface area contributed by atoms with Gasteiger partial charge < -0.3 is 10.1 Å². The second kappa shape index (κ2) is 4.53. The predicted octanol–water partition coefficient (Wildman–Crippen LogP) is 4.05. The van der Waals surface area contributed by atoms with Gasteiger partial charge in [0.1, 0.15) is 11.4 Å². The van der Waals surface area contributed by atoms with Crippen LogP contribution in [0.2, 0.25) is 0 Å². The molecule has 18 heavy (non-hydrogen) atoms. The molecule has 0 radical (unpaired) electrons. The van der Waals surface area contributed by atoms with Crippen LogP contribution in [0.25, 0.3) is 0 Å². The van der Waals surface area contributed by atoms with Gasteiger partial charge in [-0.1, -0.05) is 22.9 Å². The number of rotatable bonds is 1. The van der Waals surface area contributed by atoms with Gasteiger partial charge >= 0.3 is 0 Å². The molecule has 1 saturated carbocycles. The summed E-state index contributed by atoms with van der Waals surface area (Å²) in [7, 11) is 2.05. The van der Waals surface area contributed by atoms with Gasteiger partial charge in [-0.2, -0.15) is 0 Å². The Morgan fingerprint density at radius 1 is 1.44 bits per heavy atom. The van der Waals surface area contributed by atoms with E-state index in [2.05, 4.69) is 46.4 Å². The summed E-state index contributed by atoms with van der Waals surface area (Å²) < 4.78 is 7.54. The Morgan fingerprint density at radius 3 is 2.94 bits per heavy atom. The molecule has 2 nitrogen and oxygen atoms in total. The van der Waals surface area contributed by atoms with Crippen LogP contribution >= 0.6 is 15.9 Å². The van der Waals surface area contributed by atoms with E-state index in [9.17, 15) is 0 Å². The molecule has 1 aliphatic heterocycles. The minimum Gasteiger partial charge on any atom is -0.487 e. The standard InChI is InChI=1S/C15H20BrNO/c1-10-4-3-7-15(10)9-13(17-2)12-8-11(16)5-6-14(12)18-15/h5-6,8,10,13,17H,3-4,7,9H2,1-2H3. The molecule has 3 heteroatoms. The number of fused-ring (bicyclic) bond motifs is 1. The maximum atomic E-state index is 6.42. The zero-order valence-corrected chi connectivity index (χ0v) is 12.6. The molecule has 1 spiro atoms. The van der Waals surface area contributed by atoms with E-state index in [0.717, 1.165) is 16.6 Å². The summed E-state index contributed by atoms with van der Waals surface area (Å²) in [5, 5.41) is 3.46. The fraction of sp³-hybridized carbons (Fsp3) is 0.600. The fourth-order valence-corrected chi connectivity index (χ4v) is 3.91. The van der Waals surface area contributed by atoms with Crippen LogP contribution in [-0.4, -0.2) is 12.6 Å². The lowest BCUT2D eigenvalue weighted by Crippen LogP contribution is -2.45. The van der Waals surface area contributed by atoms with Crippen molar-refractivity contribution in [3.63, 3.8) is 0 Å². The molecule has 1 N–H and O–H groups in total. The summed E-state index contributed by atoms with van der Waals surface area (Å²) >= 11 is 3.55. The Balaban J connectivity index is 2.02. The monoisotopic (exact) mass is 309 g/mol. The maximum Gasteiger partial charge on any atom is 0.125 e. The van der Waals surface area contributed by atoms with Crippen LogP contribution in [0.5, 0.6) is 5.75 Å². The van der Waals surface area contributed by atoms with Gasteiger partial charge in [0.25, 0.3) is 0 Å². The third-order valence-corrected chi connectivity index (χ3v) is 5.19. The number of hydrogen-bond acceptors (Lipinski definition) is 2. The SMILES string of the molecule is CNC1CC2(CCCC2C)Oc2ccc(Br)cc21. The first-order valence-corrected chi connectivity index (χ1v) is 7.60. The van der Waals surface area contributed by atoms with E-state index in [4.69, 9.17) is 4.74 Å². The summed E-state index contributed by atoms with van der Waals surface area (Å²) in [6.07, 6.45) is 4.88. The maximum absolute atomic E-state index is 6.42. The van der Waals surface area contributed by atoms with Crippen molar-refractivity contribution in [2.45, 2.75) is 44.2 Å². The zero-order chi connectivity index (χ0) is 12.8. The third-order valence-electron chi connectivity index (χ3n) is 4.69. The average molecular weight is 310 g/mol. The van der Waals surface area contributed by atoms with Gasteiger partial charge in [-0.3, -0.25) is 0 Å². The molecule has 3 rings (SSSR count). The van der Waals surface area contributed by atoms with Crippen molar-refractivity contribution in [3.05, 3.63) is 28.2 Å². The van der Waals surface area contributed by atoms with Gasteiger partial charge in [-0.25, -0.2) is 0 Å². The van der Waals surface area contributed by atoms with Crippen LogP contribution in [0.1, 0.15) is 44.2 Å². The molecule has 1 heterocycles. The second-order valence-corrected chi connectivity index (χ2v) is 6.60. The van der Waals surface area contributed by atoms with Crippen molar-refractivity contribution in [2.75, 3.05) is 7.05 Å². The van der Waals surface area contributed by atoms with E-state index in [0.29, 0.717) is 12.0 Å². The van der Waals surface area contributed by atoms with Crippen LogP contribution < -0.4 is 10.1 Å².